The third kappa shape index (κ3) is 3.18. The van der Waals surface area contributed by atoms with Gasteiger partial charge in [0, 0.05) is 33.2 Å². The first kappa shape index (κ1) is 16.2. The molecule has 1 unspecified atom stereocenters. The average Bonchev–Trinajstić information content (AvgIpc) is 2.84. The summed E-state index contributed by atoms with van der Waals surface area (Å²) in [6.45, 7) is 6.50. The van der Waals surface area contributed by atoms with Gasteiger partial charge in [-0.2, -0.15) is 4.31 Å². The molecule has 1 saturated heterocycles. The fourth-order valence-corrected chi connectivity index (χ4v) is 3.97. The molecule has 0 amide bonds. The predicted molar refractivity (Wildman–Crippen MR) is 80.4 cm³/mol. The smallest absolute Gasteiger partial charge is 0.243 e. The normalized spacial score (nSPS) is 20.4. The molecule has 0 spiro atoms. The van der Waals surface area contributed by atoms with Gasteiger partial charge in [-0.25, -0.2) is 8.42 Å². The van der Waals surface area contributed by atoms with E-state index in [1.165, 1.54) is 4.31 Å². The van der Waals surface area contributed by atoms with Crippen LogP contribution in [0.25, 0.3) is 0 Å². The summed E-state index contributed by atoms with van der Waals surface area (Å²) in [7, 11) is -0.429. The van der Waals surface area contributed by atoms with E-state index in [2.05, 4.69) is 6.58 Å². The SMILES string of the molecule is C=C1CN(S(=O)(=O)c2ccc(C)cc2)CC1C(OC)OC. The number of rotatable bonds is 5. The minimum absolute atomic E-state index is 0.153. The molecule has 0 radical (unpaired) electrons. The fraction of sp³-hybridized carbons (Fsp3) is 0.467. The minimum atomic E-state index is -3.51. The molecule has 1 aliphatic rings. The lowest BCUT2D eigenvalue weighted by Crippen LogP contribution is -2.32. The Morgan fingerprint density at radius 1 is 1.24 bits per heavy atom. The molecule has 0 saturated carbocycles. The second kappa shape index (κ2) is 6.27. The number of hydrogen-bond acceptors (Lipinski definition) is 4. The molecule has 2 rings (SSSR count). The maximum atomic E-state index is 12.6. The summed E-state index contributed by atoms with van der Waals surface area (Å²) in [5.74, 6) is -0.153. The van der Waals surface area contributed by atoms with E-state index < -0.39 is 16.3 Å². The molecule has 0 N–H and O–H groups in total. The van der Waals surface area contributed by atoms with Gasteiger partial charge in [0.2, 0.25) is 10.0 Å². The highest BCUT2D eigenvalue weighted by atomic mass is 32.2. The largest absolute Gasteiger partial charge is 0.355 e. The molecule has 1 atom stereocenters. The van der Waals surface area contributed by atoms with Crippen molar-refractivity contribution in [3.8, 4) is 0 Å². The lowest BCUT2D eigenvalue weighted by Gasteiger charge is -2.21. The van der Waals surface area contributed by atoms with Crippen LogP contribution < -0.4 is 0 Å². The van der Waals surface area contributed by atoms with E-state index in [9.17, 15) is 8.42 Å². The number of methoxy groups -OCH3 is 2. The topological polar surface area (TPSA) is 55.8 Å². The molecule has 0 bridgehead atoms. The van der Waals surface area contributed by atoms with Crippen LogP contribution >= 0.6 is 0 Å². The fourth-order valence-electron chi connectivity index (χ4n) is 2.50. The molecule has 1 aromatic rings. The van der Waals surface area contributed by atoms with Crippen LogP contribution in [0.1, 0.15) is 5.56 Å². The Kier molecular flexibility index (Phi) is 4.83. The highest BCUT2D eigenvalue weighted by Crippen LogP contribution is 2.30. The van der Waals surface area contributed by atoms with Crippen molar-refractivity contribution in [2.45, 2.75) is 18.1 Å². The van der Waals surface area contributed by atoms with Gasteiger partial charge in [-0.1, -0.05) is 29.8 Å². The number of nitrogens with zero attached hydrogens (tertiary/aromatic N) is 1. The van der Waals surface area contributed by atoms with Gasteiger partial charge in [0.25, 0.3) is 0 Å². The van der Waals surface area contributed by atoms with Gasteiger partial charge in [-0.05, 0) is 19.1 Å². The third-order valence-electron chi connectivity index (χ3n) is 3.76. The van der Waals surface area contributed by atoms with Gasteiger partial charge in [0.15, 0.2) is 6.29 Å². The van der Waals surface area contributed by atoms with E-state index >= 15 is 0 Å². The monoisotopic (exact) mass is 311 g/mol. The maximum Gasteiger partial charge on any atom is 0.243 e. The molecule has 1 aromatic carbocycles. The zero-order valence-electron chi connectivity index (χ0n) is 12.6. The van der Waals surface area contributed by atoms with Gasteiger partial charge >= 0.3 is 0 Å². The van der Waals surface area contributed by atoms with Crippen molar-refractivity contribution in [1.82, 2.24) is 4.31 Å². The summed E-state index contributed by atoms with van der Waals surface area (Å²) in [6, 6.07) is 6.85. The zero-order valence-corrected chi connectivity index (χ0v) is 13.4. The first-order valence-corrected chi connectivity index (χ1v) is 8.14. The number of hydrogen-bond donors (Lipinski definition) is 0. The van der Waals surface area contributed by atoms with E-state index in [0.717, 1.165) is 11.1 Å². The Balaban J connectivity index is 2.23. The highest BCUT2D eigenvalue weighted by Gasteiger charge is 2.38. The van der Waals surface area contributed by atoms with E-state index in [1.54, 1.807) is 38.5 Å². The first-order chi connectivity index (χ1) is 9.90. The van der Waals surface area contributed by atoms with E-state index in [0.29, 0.717) is 18.0 Å². The molecular formula is C15H21NO4S. The van der Waals surface area contributed by atoms with Crippen molar-refractivity contribution in [2.75, 3.05) is 27.3 Å². The van der Waals surface area contributed by atoms with Crippen LogP contribution in [0.2, 0.25) is 0 Å². The van der Waals surface area contributed by atoms with Crippen LogP contribution in [-0.2, 0) is 19.5 Å². The molecule has 5 nitrogen and oxygen atoms in total. The highest BCUT2D eigenvalue weighted by molar-refractivity contribution is 7.89. The molecular weight excluding hydrogens is 290 g/mol. The minimum Gasteiger partial charge on any atom is -0.355 e. The summed E-state index contributed by atoms with van der Waals surface area (Å²) in [5.41, 5.74) is 1.83. The summed E-state index contributed by atoms with van der Waals surface area (Å²) in [6.07, 6.45) is -0.476. The number of sulfonamides is 1. The average molecular weight is 311 g/mol. The summed E-state index contributed by atoms with van der Waals surface area (Å²) >= 11 is 0. The van der Waals surface area contributed by atoms with Crippen molar-refractivity contribution >= 4 is 10.0 Å². The molecule has 21 heavy (non-hydrogen) atoms. The standard InChI is InChI=1S/C15H21NO4S/c1-11-5-7-13(8-6-11)21(17,18)16-9-12(2)14(10-16)15(19-3)20-4/h5-8,14-15H,2,9-10H2,1,3-4H3. The number of aryl methyl sites for hydroxylation is 1. The third-order valence-corrected chi connectivity index (χ3v) is 5.58. The van der Waals surface area contributed by atoms with Crippen molar-refractivity contribution in [1.29, 1.82) is 0 Å². The van der Waals surface area contributed by atoms with Crippen molar-refractivity contribution in [3.63, 3.8) is 0 Å². The van der Waals surface area contributed by atoms with Crippen LogP contribution in [-0.4, -0.2) is 46.3 Å². The van der Waals surface area contributed by atoms with E-state index in [4.69, 9.17) is 9.47 Å². The lowest BCUT2D eigenvalue weighted by molar-refractivity contribution is -0.125. The summed E-state index contributed by atoms with van der Waals surface area (Å²) in [5, 5.41) is 0. The van der Waals surface area contributed by atoms with Crippen LogP contribution in [0.5, 0.6) is 0 Å². The first-order valence-electron chi connectivity index (χ1n) is 6.70. The van der Waals surface area contributed by atoms with Crippen molar-refractivity contribution in [2.24, 2.45) is 5.92 Å². The second-order valence-corrected chi connectivity index (χ2v) is 7.15. The Bertz CT molecular complexity index is 605. The maximum absolute atomic E-state index is 12.6. The van der Waals surface area contributed by atoms with Crippen molar-refractivity contribution in [3.05, 3.63) is 42.0 Å². The predicted octanol–water partition coefficient (Wildman–Crippen LogP) is 1.79. The summed E-state index contributed by atoms with van der Waals surface area (Å²) < 4.78 is 37.2. The number of ether oxygens (including phenoxy) is 2. The summed E-state index contributed by atoms with van der Waals surface area (Å²) in [4.78, 5) is 0.299. The number of benzene rings is 1. The van der Waals surface area contributed by atoms with Crippen LogP contribution in [0, 0.1) is 12.8 Å². The Morgan fingerprint density at radius 3 is 2.33 bits per heavy atom. The second-order valence-electron chi connectivity index (χ2n) is 5.22. The zero-order chi connectivity index (χ0) is 15.6. The van der Waals surface area contributed by atoms with Gasteiger partial charge in [0.1, 0.15) is 0 Å². The van der Waals surface area contributed by atoms with Crippen LogP contribution in [0.4, 0.5) is 0 Å². The molecule has 1 heterocycles. The molecule has 1 fully saturated rings. The molecule has 0 aromatic heterocycles. The molecule has 116 valence electrons. The Labute approximate surface area is 126 Å². The Morgan fingerprint density at radius 2 is 1.81 bits per heavy atom. The van der Waals surface area contributed by atoms with E-state index in [1.807, 2.05) is 6.92 Å². The van der Waals surface area contributed by atoms with Gasteiger partial charge in [0.05, 0.1) is 4.90 Å². The van der Waals surface area contributed by atoms with E-state index in [-0.39, 0.29) is 5.92 Å². The van der Waals surface area contributed by atoms with Gasteiger partial charge < -0.3 is 9.47 Å². The van der Waals surface area contributed by atoms with Gasteiger partial charge in [-0.3, -0.25) is 0 Å². The molecule has 0 aliphatic carbocycles. The molecule has 1 aliphatic heterocycles. The van der Waals surface area contributed by atoms with Crippen LogP contribution in [0.15, 0.2) is 41.3 Å². The van der Waals surface area contributed by atoms with Gasteiger partial charge in [-0.15, -0.1) is 0 Å². The van der Waals surface area contributed by atoms with Crippen molar-refractivity contribution < 1.29 is 17.9 Å². The quantitative estimate of drug-likeness (QED) is 0.614. The lowest BCUT2D eigenvalue weighted by atomic mass is 10.0. The Hall–Kier alpha value is -1.21. The molecule has 6 heteroatoms. The van der Waals surface area contributed by atoms with Crippen LogP contribution in [0.3, 0.4) is 0 Å².